The summed E-state index contributed by atoms with van der Waals surface area (Å²) in [5, 5.41) is 2.40. The highest BCUT2D eigenvalue weighted by Gasteiger charge is 2.14. The maximum absolute atomic E-state index is 13.1. The van der Waals surface area contributed by atoms with Crippen LogP contribution in [0.3, 0.4) is 0 Å². The van der Waals surface area contributed by atoms with Crippen molar-refractivity contribution in [3.8, 4) is 0 Å². The monoisotopic (exact) mass is 427 g/mol. The van der Waals surface area contributed by atoms with Crippen LogP contribution in [0.1, 0.15) is 11.1 Å². The summed E-state index contributed by atoms with van der Waals surface area (Å²) in [6.07, 6.45) is 3.46. The Hall–Kier alpha value is -2.34. The first-order chi connectivity index (χ1) is 13.6. The molecule has 0 radical (unpaired) electrons. The molecular formula is C21H15Cl2N3OS. The van der Waals surface area contributed by atoms with Gasteiger partial charge in [0.05, 0.1) is 17.4 Å². The van der Waals surface area contributed by atoms with Crippen LogP contribution in [0.4, 0.5) is 0 Å². The van der Waals surface area contributed by atoms with E-state index < -0.39 is 0 Å². The van der Waals surface area contributed by atoms with Crippen molar-refractivity contribution in [3.05, 3.63) is 98.5 Å². The number of halogens is 2. The second-order valence-electron chi connectivity index (χ2n) is 6.15. The first kappa shape index (κ1) is 19.0. The van der Waals surface area contributed by atoms with E-state index in [0.717, 1.165) is 11.1 Å². The zero-order valence-corrected chi connectivity index (χ0v) is 17.0. The number of nitrogens with zero attached hydrogens (tertiary/aromatic N) is 3. The number of fused-ring (bicyclic) bond motifs is 1. The topological polar surface area (TPSA) is 47.8 Å². The van der Waals surface area contributed by atoms with Crippen molar-refractivity contribution in [1.29, 1.82) is 0 Å². The summed E-state index contributed by atoms with van der Waals surface area (Å²) < 4.78 is 1.68. The minimum Gasteiger partial charge on any atom is -0.283 e. The van der Waals surface area contributed by atoms with Crippen molar-refractivity contribution >= 4 is 45.9 Å². The van der Waals surface area contributed by atoms with Crippen LogP contribution in [0, 0.1) is 0 Å². The Morgan fingerprint density at radius 3 is 2.50 bits per heavy atom. The van der Waals surface area contributed by atoms with E-state index in [1.807, 2.05) is 36.4 Å². The fourth-order valence-electron chi connectivity index (χ4n) is 2.88. The molecule has 2 aromatic heterocycles. The van der Waals surface area contributed by atoms with Crippen LogP contribution in [0.5, 0.6) is 0 Å². The van der Waals surface area contributed by atoms with Gasteiger partial charge < -0.3 is 0 Å². The number of hydrogen-bond donors (Lipinski definition) is 0. The highest BCUT2D eigenvalue weighted by molar-refractivity contribution is 7.98. The number of aromatic nitrogens is 3. The lowest BCUT2D eigenvalue weighted by molar-refractivity contribution is 0.656. The van der Waals surface area contributed by atoms with E-state index >= 15 is 0 Å². The Balaban J connectivity index is 1.77. The molecule has 4 nitrogen and oxygen atoms in total. The molecule has 0 spiro atoms. The number of thioether (sulfide) groups is 1. The Bertz CT molecular complexity index is 1180. The van der Waals surface area contributed by atoms with E-state index in [2.05, 4.69) is 4.98 Å². The molecule has 0 saturated carbocycles. The van der Waals surface area contributed by atoms with E-state index in [9.17, 15) is 4.79 Å². The molecule has 0 aliphatic carbocycles. The van der Waals surface area contributed by atoms with E-state index in [4.69, 9.17) is 28.2 Å². The summed E-state index contributed by atoms with van der Waals surface area (Å²) in [6, 6.07) is 16.6. The molecule has 2 heterocycles. The Labute approximate surface area is 176 Å². The lowest BCUT2D eigenvalue weighted by atomic mass is 10.2. The third-order valence-corrected chi connectivity index (χ3v) is 6.01. The summed E-state index contributed by atoms with van der Waals surface area (Å²) >= 11 is 14.0. The molecule has 0 N–H and O–H groups in total. The fourth-order valence-corrected chi connectivity index (χ4v) is 4.62. The van der Waals surface area contributed by atoms with Gasteiger partial charge in [-0.2, -0.15) is 0 Å². The van der Waals surface area contributed by atoms with Crippen molar-refractivity contribution in [3.63, 3.8) is 0 Å². The highest BCUT2D eigenvalue weighted by Crippen LogP contribution is 2.31. The molecule has 0 bridgehead atoms. The van der Waals surface area contributed by atoms with Crippen molar-refractivity contribution in [2.75, 3.05) is 0 Å². The predicted octanol–water partition coefficient (Wildman–Crippen LogP) is 5.44. The minimum absolute atomic E-state index is 0.0813. The summed E-state index contributed by atoms with van der Waals surface area (Å²) in [6.45, 7) is 0.392. The maximum atomic E-state index is 13.1. The normalized spacial score (nSPS) is 11.1. The Morgan fingerprint density at radius 1 is 0.964 bits per heavy atom. The second kappa shape index (κ2) is 8.35. The summed E-state index contributed by atoms with van der Waals surface area (Å²) in [5.74, 6) is 0.510. The van der Waals surface area contributed by atoms with Crippen LogP contribution in [-0.2, 0) is 12.3 Å². The summed E-state index contributed by atoms with van der Waals surface area (Å²) in [5.41, 5.74) is 2.34. The quantitative estimate of drug-likeness (QED) is 0.314. The highest BCUT2D eigenvalue weighted by atomic mass is 35.5. The summed E-state index contributed by atoms with van der Waals surface area (Å²) in [7, 11) is 0. The van der Waals surface area contributed by atoms with E-state index in [1.54, 1.807) is 35.2 Å². The van der Waals surface area contributed by atoms with Gasteiger partial charge in [0.15, 0.2) is 5.16 Å². The van der Waals surface area contributed by atoms with Gasteiger partial charge >= 0.3 is 0 Å². The van der Waals surface area contributed by atoms with Gasteiger partial charge in [0.2, 0.25) is 0 Å². The van der Waals surface area contributed by atoms with E-state index in [1.165, 1.54) is 11.8 Å². The molecule has 2 aromatic carbocycles. The predicted molar refractivity (Wildman–Crippen MR) is 115 cm³/mol. The number of hydrogen-bond acceptors (Lipinski definition) is 4. The third kappa shape index (κ3) is 3.92. The van der Waals surface area contributed by atoms with Gasteiger partial charge in [0.1, 0.15) is 0 Å². The van der Waals surface area contributed by atoms with Crippen LogP contribution >= 0.6 is 35.0 Å². The maximum Gasteiger partial charge on any atom is 0.262 e. The Kier molecular flexibility index (Phi) is 5.67. The fraction of sp³-hybridized carbons (Fsp3) is 0.0952. The molecule has 4 aromatic rings. The van der Waals surface area contributed by atoms with Crippen LogP contribution < -0.4 is 5.56 Å². The largest absolute Gasteiger partial charge is 0.283 e. The first-order valence-corrected chi connectivity index (χ1v) is 10.3. The molecular weight excluding hydrogens is 413 g/mol. The molecule has 0 unspecified atom stereocenters. The molecule has 7 heteroatoms. The zero-order valence-electron chi connectivity index (χ0n) is 14.7. The molecule has 0 amide bonds. The van der Waals surface area contributed by atoms with Crippen LogP contribution in [0.15, 0.2) is 76.9 Å². The molecule has 0 atom stereocenters. The van der Waals surface area contributed by atoms with Gasteiger partial charge in [-0.05, 0) is 41.5 Å². The number of rotatable bonds is 5. The summed E-state index contributed by atoms with van der Waals surface area (Å²) in [4.78, 5) is 22.0. The lowest BCUT2D eigenvalue weighted by Gasteiger charge is -2.14. The van der Waals surface area contributed by atoms with Gasteiger partial charge in [-0.25, -0.2) is 4.98 Å². The van der Waals surface area contributed by atoms with Crippen LogP contribution in [0.2, 0.25) is 10.0 Å². The number of benzene rings is 2. The van der Waals surface area contributed by atoms with Crippen LogP contribution in [0.25, 0.3) is 10.9 Å². The average Bonchev–Trinajstić information content (AvgIpc) is 2.71. The minimum atomic E-state index is -0.0813. The molecule has 0 aliphatic rings. The van der Waals surface area contributed by atoms with Gasteiger partial charge in [0.25, 0.3) is 5.56 Å². The molecule has 0 aliphatic heterocycles. The van der Waals surface area contributed by atoms with Crippen LogP contribution in [-0.4, -0.2) is 14.5 Å². The van der Waals surface area contributed by atoms with E-state index in [-0.39, 0.29) is 5.56 Å². The molecule has 28 heavy (non-hydrogen) atoms. The molecule has 4 rings (SSSR count). The van der Waals surface area contributed by atoms with Gasteiger partial charge in [0, 0.05) is 28.2 Å². The lowest BCUT2D eigenvalue weighted by Crippen LogP contribution is -2.24. The first-order valence-electron chi connectivity index (χ1n) is 8.57. The van der Waals surface area contributed by atoms with Crippen molar-refractivity contribution < 1.29 is 0 Å². The average molecular weight is 428 g/mol. The number of para-hydroxylation sites is 1. The Morgan fingerprint density at radius 2 is 1.75 bits per heavy atom. The van der Waals surface area contributed by atoms with Gasteiger partial charge in [-0.1, -0.05) is 59.2 Å². The van der Waals surface area contributed by atoms with Crippen molar-refractivity contribution in [2.24, 2.45) is 0 Å². The molecule has 0 saturated heterocycles. The van der Waals surface area contributed by atoms with Crippen molar-refractivity contribution in [1.82, 2.24) is 14.5 Å². The smallest absolute Gasteiger partial charge is 0.262 e. The molecule has 0 fully saturated rings. The standard InChI is InChI=1S/C21H15Cl2N3OS/c22-17-7-3-8-18(23)16(17)13-28-21-25-19-9-2-1-6-15(19)20(27)26(21)12-14-5-4-10-24-11-14/h1-11H,12-13H2. The zero-order chi connectivity index (χ0) is 19.5. The van der Waals surface area contributed by atoms with Gasteiger partial charge in [-0.15, -0.1) is 0 Å². The molecule has 140 valence electrons. The van der Waals surface area contributed by atoms with Gasteiger partial charge in [-0.3, -0.25) is 14.3 Å². The third-order valence-electron chi connectivity index (χ3n) is 4.30. The van der Waals surface area contributed by atoms with E-state index in [0.29, 0.717) is 38.4 Å². The second-order valence-corrected chi connectivity index (χ2v) is 7.91. The SMILES string of the molecule is O=c1c2ccccc2nc(SCc2c(Cl)cccc2Cl)n1Cc1cccnc1. The van der Waals surface area contributed by atoms with Crippen molar-refractivity contribution in [2.45, 2.75) is 17.5 Å². The number of pyridine rings is 1.